The number of carbonyl (C=O) groups is 1. The summed E-state index contributed by atoms with van der Waals surface area (Å²) in [5.74, 6) is 1.62. The van der Waals surface area contributed by atoms with Gasteiger partial charge in [-0.2, -0.15) is 0 Å². The van der Waals surface area contributed by atoms with Crippen molar-refractivity contribution in [2.45, 2.75) is 20.5 Å². The second-order valence-electron chi connectivity index (χ2n) is 10.3. The van der Waals surface area contributed by atoms with E-state index in [0.717, 1.165) is 27.2 Å². The van der Waals surface area contributed by atoms with Crippen molar-refractivity contribution in [3.8, 4) is 17.2 Å². The predicted octanol–water partition coefficient (Wildman–Crippen LogP) is 9.17. The molecule has 1 aromatic heterocycles. The lowest BCUT2D eigenvalue weighted by molar-refractivity contribution is -0.129. The molecule has 0 spiro atoms. The fraction of sp³-hybridized carbons (Fsp3) is 0.184. The van der Waals surface area contributed by atoms with E-state index in [9.17, 15) is 4.79 Å². The molecule has 6 aromatic rings. The number of aryl methyl sites for hydroxylation is 2. The fourth-order valence-electron chi connectivity index (χ4n) is 4.78. The smallest absolute Gasteiger partial charge is 0.293 e. The molecular weight excluding hydrogens is 646 g/mol. The van der Waals surface area contributed by atoms with Gasteiger partial charge in [0.2, 0.25) is 0 Å². The van der Waals surface area contributed by atoms with Crippen LogP contribution in [-0.2, 0) is 25.6 Å². The van der Waals surface area contributed by atoms with E-state index in [-0.39, 0.29) is 13.6 Å². The zero-order valence-electron chi connectivity index (χ0n) is 26.4. The zero-order chi connectivity index (χ0) is 32.7. The van der Waals surface area contributed by atoms with Crippen molar-refractivity contribution in [3.05, 3.63) is 136 Å². The number of aromatic nitrogens is 1. The van der Waals surface area contributed by atoms with Crippen molar-refractivity contribution in [1.29, 1.82) is 0 Å². The molecule has 0 saturated heterocycles. The minimum Gasteiger partial charge on any atom is -0.466 e. The number of benzene rings is 5. The van der Waals surface area contributed by atoms with Gasteiger partial charge in [-0.05, 0) is 82.9 Å². The van der Waals surface area contributed by atoms with Gasteiger partial charge in [0.15, 0.2) is 13.6 Å². The SMILES string of the molecule is COCOc1ccc(C)cc1-n1c2ccccc2c2ccccc21.COCOc1ccc(C)cc1Br.O=COCc1ccccc1. The molecule has 0 saturated carbocycles. The summed E-state index contributed by atoms with van der Waals surface area (Å²) in [7, 11) is 3.23. The van der Waals surface area contributed by atoms with Gasteiger partial charge in [-0.1, -0.05) is 78.9 Å². The quantitative estimate of drug-likeness (QED) is 0.106. The Hall–Kier alpha value is -4.63. The van der Waals surface area contributed by atoms with Gasteiger partial charge in [-0.25, -0.2) is 0 Å². The first-order valence-corrected chi connectivity index (χ1v) is 15.4. The van der Waals surface area contributed by atoms with Crippen LogP contribution in [0.1, 0.15) is 16.7 Å². The number of ether oxygens (including phenoxy) is 5. The largest absolute Gasteiger partial charge is 0.466 e. The van der Waals surface area contributed by atoms with Crippen molar-refractivity contribution in [3.63, 3.8) is 0 Å². The Labute approximate surface area is 278 Å². The Kier molecular flexibility index (Phi) is 13.2. The van der Waals surface area contributed by atoms with Gasteiger partial charge in [0.05, 0.1) is 21.2 Å². The van der Waals surface area contributed by atoms with E-state index in [2.05, 4.69) is 92.8 Å². The highest BCUT2D eigenvalue weighted by molar-refractivity contribution is 9.10. The number of para-hydroxylation sites is 2. The van der Waals surface area contributed by atoms with Crippen LogP contribution in [0.2, 0.25) is 0 Å². The first-order chi connectivity index (χ1) is 22.5. The number of hydrogen-bond donors (Lipinski definition) is 0. The summed E-state index contributed by atoms with van der Waals surface area (Å²) in [6, 6.07) is 38.6. The molecule has 0 radical (unpaired) electrons. The molecule has 0 amide bonds. The highest BCUT2D eigenvalue weighted by Gasteiger charge is 2.15. The van der Waals surface area contributed by atoms with Gasteiger partial charge >= 0.3 is 0 Å². The standard InChI is InChI=1S/C21H19NO2.C9H11BrO2.C8H8O2/c1-15-11-12-21(24-14-23-2)20(13-15)22-18-9-5-3-7-16(18)17-8-4-6-10-19(17)22;1-7-3-4-9(8(10)5-7)12-6-11-2;9-7-10-6-8-4-2-1-3-5-8/h3-13H,14H2,1-2H3;3-5H,6H2,1-2H3;1-5,7H,6H2. The van der Waals surface area contributed by atoms with Crippen LogP contribution in [-0.4, -0.2) is 38.8 Å². The van der Waals surface area contributed by atoms with Gasteiger partial charge in [0.25, 0.3) is 6.47 Å². The Morgan fingerprint density at radius 1 is 0.652 bits per heavy atom. The summed E-state index contributed by atoms with van der Waals surface area (Å²) in [4.78, 5) is 9.76. The number of carbonyl (C=O) groups excluding carboxylic acids is 1. The number of halogens is 1. The average Bonchev–Trinajstić information content (AvgIpc) is 3.42. The molecule has 0 bridgehead atoms. The summed E-state index contributed by atoms with van der Waals surface area (Å²) < 4.78 is 28.7. The van der Waals surface area contributed by atoms with E-state index in [1.165, 1.54) is 32.9 Å². The predicted molar refractivity (Wildman–Crippen MR) is 187 cm³/mol. The molecule has 46 heavy (non-hydrogen) atoms. The summed E-state index contributed by atoms with van der Waals surface area (Å²) in [5, 5.41) is 2.49. The molecule has 0 aliphatic heterocycles. The highest BCUT2D eigenvalue weighted by Crippen LogP contribution is 2.35. The average molecular weight is 685 g/mol. The van der Waals surface area contributed by atoms with Crippen molar-refractivity contribution in [1.82, 2.24) is 4.57 Å². The molecule has 6 rings (SSSR count). The van der Waals surface area contributed by atoms with Crippen molar-refractivity contribution in [2.75, 3.05) is 27.8 Å². The van der Waals surface area contributed by atoms with Crippen LogP contribution in [0.3, 0.4) is 0 Å². The minimum absolute atomic E-state index is 0.229. The van der Waals surface area contributed by atoms with E-state index in [0.29, 0.717) is 13.1 Å². The minimum atomic E-state index is 0.229. The van der Waals surface area contributed by atoms with Crippen LogP contribution in [0.15, 0.2) is 120 Å². The van der Waals surface area contributed by atoms with Crippen LogP contribution < -0.4 is 9.47 Å². The summed E-state index contributed by atoms with van der Waals surface area (Å²) in [6.07, 6.45) is 0. The van der Waals surface area contributed by atoms with Crippen molar-refractivity contribution >= 4 is 44.2 Å². The highest BCUT2D eigenvalue weighted by atomic mass is 79.9. The molecule has 0 fully saturated rings. The topological polar surface area (TPSA) is 68.2 Å². The number of hydrogen-bond acceptors (Lipinski definition) is 6. The lowest BCUT2D eigenvalue weighted by Gasteiger charge is -2.15. The van der Waals surface area contributed by atoms with Crippen LogP contribution in [0.4, 0.5) is 0 Å². The molecular formula is C38H38BrNO6. The third-order valence-corrected chi connectivity index (χ3v) is 7.47. The maximum atomic E-state index is 9.76. The van der Waals surface area contributed by atoms with E-state index in [1.807, 2.05) is 61.5 Å². The van der Waals surface area contributed by atoms with E-state index in [1.54, 1.807) is 14.2 Å². The summed E-state index contributed by atoms with van der Waals surface area (Å²) in [6.45, 7) is 5.45. The maximum Gasteiger partial charge on any atom is 0.293 e. The number of methoxy groups -OCH3 is 2. The lowest BCUT2D eigenvalue weighted by Crippen LogP contribution is -2.04. The molecule has 0 aliphatic carbocycles. The summed E-state index contributed by atoms with van der Waals surface area (Å²) in [5.41, 5.74) is 6.78. The fourth-order valence-corrected chi connectivity index (χ4v) is 5.39. The van der Waals surface area contributed by atoms with Gasteiger partial charge in [-0.15, -0.1) is 0 Å². The Morgan fingerprint density at radius 3 is 1.74 bits per heavy atom. The molecule has 1 heterocycles. The van der Waals surface area contributed by atoms with E-state index >= 15 is 0 Å². The number of rotatable bonds is 10. The molecule has 0 aliphatic rings. The van der Waals surface area contributed by atoms with Gasteiger partial charge in [0.1, 0.15) is 18.1 Å². The molecule has 7 nitrogen and oxygen atoms in total. The Bertz CT molecular complexity index is 1780. The lowest BCUT2D eigenvalue weighted by atomic mass is 10.2. The monoisotopic (exact) mass is 683 g/mol. The van der Waals surface area contributed by atoms with Crippen LogP contribution >= 0.6 is 15.9 Å². The normalized spacial score (nSPS) is 10.4. The number of fused-ring (bicyclic) bond motifs is 3. The van der Waals surface area contributed by atoms with Crippen molar-refractivity contribution in [2.24, 2.45) is 0 Å². The van der Waals surface area contributed by atoms with Crippen LogP contribution in [0, 0.1) is 13.8 Å². The number of nitrogens with zero attached hydrogens (tertiary/aromatic N) is 1. The van der Waals surface area contributed by atoms with E-state index < -0.39 is 0 Å². The molecule has 238 valence electrons. The molecule has 0 unspecified atom stereocenters. The second kappa shape index (κ2) is 17.8. The molecule has 5 aromatic carbocycles. The molecule has 0 N–H and O–H groups in total. The van der Waals surface area contributed by atoms with Gasteiger partial charge < -0.3 is 28.3 Å². The Morgan fingerprint density at radius 2 is 1.17 bits per heavy atom. The maximum absolute atomic E-state index is 9.76. The second-order valence-corrected chi connectivity index (χ2v) is 11.1. The zero-order valence-corrected chi connectivity index (χ0v) is 28.0. The third kappa shape index (κ3) is 9.20. The van der Waals surface area contributed by atoms with Crippen LogP contribution in [0.5, 0.6) is 11.5 Å². The third-order valence-electron chi connectivity index (χ3n) is 6.85. The van der Waals surface area contributed by atoms with Crippen molar-refractivity contribution < 1.29 is 28.5 Å². The Balaban J connectivity index is 0.000000182. The van der Waals surface area contributed by atoms with Gasteiger partial charge in [0, 0.05) is 25.0 Å². The van der Waals surface area contributed by atoms with E-state index in [4.69, 9.17) is 18.9 Å². The summed E-state index contributed by atoms with van der Waals surface area (Å²) >= 11 is 3.40. The molecule has 8 heteroatoms. The van der Waals surface area contributed by atoms with Crippen LogP contribution in [0.25, 0.3) is 27.5 Å². The first kappa shape index (κ1) is 34.2. The first-order valence-electron chi connectivity index (χ1n) is 14.6. The van der Waals surface area contributed by atoms with Gasteiger partial charge in [-0.3, -0.25) is 4.79 Å². The molecule has 0 atom stereocenters.